The van der Waals surface area contributed by atoms with Crippen molar-refractivity contribution < 1.29 is 18.3 Å². The van der Waals surface area contributed by atoms with Crippen LogP contribution in [0.15, 0.2) is 44.6 Å². The molecule has 0 unspecified atom stereocenters. The molecule has 0 bridgehead atoms. The highest BCUT2D eigenvalue weighted by molar-refractivity contribution is 9.10. The summed E-state index contributed by atoms with van der Waals surface area (Å²) in [5.74, 6) is -1.20. The molecule has 0 atom stereocenters. The van der Waals surface area contributed by atoms with Crippen LogP contribution in [0, 0.1) is 0 Å². The number of hydrogen-bond donors (Lipinski definition) is 2. The summed E-state index contributed by atoms with van der Waals surface area (Å²) in [4.78, 5) is 18.4. The van der Waals surface area contributed by atoms with Crippen LogP contribution in [0.25, 0.3) is 0 Å². The summed E-state index contributed by atoms with van der Waals surface area (Å²) in [6, 6.07) is 3.71. The second-order valence-corrected chi connectivity index (χ2v) is 7.10. The number of halogens is 2. The van der Waals surface area contributed by atoms with E-state index in [-0.39, 0.29) is 20.7 Å². The molecule has 2 rings (SSSR count). The number of benzene rings is 1. The van der Waals surface area contributed by atoms with Crippen molar-refractivity contribution in [2.45, 2.75) is 4.90 Å². The molecule has 0 radical (unpaired) electrons. The molecule has 0 saturated heterocycles. The number of nitrogens with one attached hydrogen (secondary N) is 1. The molecule has 0 aliphatic heterocycles. The van der Waals surface area contributed by atoms with E-state index >= 15 is 0 Å². The summed E-state index contributed by atoms with van der Waals surface area (Å²) in [5, 5.41) is 8.93. The number of hydrogen-bond acceptors (Lipinski definition) is 5. The van der Waals surface area contributed by atoms with Crippen molar-refractivity contribution >= 4 is 53.7 Å². The van der Waals surface area contributed by atoms with Crippen molar-refractivity contribution in [2.24, 2.45) is 0 Å². The predicted molar refractivity (Wildman–Crippen MR) is 81.6 cm³/mol. The minimum absolute atomic E-state index is 0.0193. The highest BCUT2D eigenvalue weighted by atomic mass is 79.9. The Morgan fingerprint density at radius 3 is 2.48 bits per heavy atom. The first-order chi connectivity index (χ1) is 9.79. The van der Waals surface area contributed by atoms with Gasteiger partial charge in [0.1, 0.15) is 9.50 Å². The second kappa shape index (κ2) is 6.08. The normalized spacial score (nSPS) is 11.1. The zero-order chi connectivity index (χ0) is 15.6. The van der Waals surface area contributed by atoms with Gasteiger partial charge in [-0.15, -0.1) is 0 Å². The van der Waals surface area contributed by atoms with Gasteiger partial charge >= 0.3 is 5.97 Å². The zero-order valence-electron chi connectivity index (χ0n) is 10.1. The molecule has 110 valence electrons. The average molecular weight is 437 g/mol. The number of carboxylic acids is 1. The lowest BCUT2D eigenvalue weighted by Crippen LogP contribution is -2.15. The highest BCUT2D eigenvalue weighted by Gasteiger charge is 2.20. The summed E-state index contributed by atoms with van der Waals surface area (Å²) in [6.07, 6.45) is 2.57. The second-order valence-electron chi connectivity index (χ2n) is 3.78. The molecule has 1 heterocycles. The molecule has 1 aromatic heterocycles. The Bertz CT molecular complexity index is 794. The number of anilines is 1. The van der Waals surface area contributed by atoms with Gasteiger partial charge in [-0.1, -0.05) is 0 Å². The van der Waals surface area contributed by atoms with E-state index in [1.165, 1.54) is 24.5 Å². The minimum atomic E-state index is -3.99. The van der Waals surface area contributed by atoms with E-state index in [0.29, 0.717) is 4.60 Å². The lowest BCUT2D eigenvalue weighted by Gasteiger charge is -2.09. The molecule has 0 saturated carbocycles. The first-order valence-corrected chi connectivity index (χ1v) is 8.40. The van der Waals surface area contributed by atoms with Crippen molar-refractivity contribution in [3.05, 3.63) is 45.2 Å². The molecular formula is C11H7Br2N3O4S. The maximum Gasteiger partial charge on any atom is 0.335 e. The van der Waals surface area contributed by atoms with Crippen LogP contribution in [0.1, 0.15) is 10.4 Å². The highest BCUT2D eigenvalue weighted by Crippen LogP contribution is 2.25. The number of carboxylic acid groups (broad SMARTS) is 1. The van der Waals surface area contributed by atoms with E-state index < -0.39 is 16.0 Å². The summed E-state index contributed by atoms with van der Waals surface area (Å²) < 4.78 is 27.5. The topological polar surface area (TPSA) is 109 Å². The van der Waals surface area contributed by atoms with Gasteiger partial charge in [-0.2, -0.15) is 0 Å². The van der Waals surface area contributed by atoms with E-state index in [9.17, 15) is 13.2 Å². The molecule has 0 aliphatic rings. The molecule has 7 nitrogen and oxygen atoms in total. The molecule has 0 fully saturated rings. The molecule has 0 amide bonds. The lowest BCUT2D eigenvalue weighted by molar-refractivity contribution is 0.0696. The molecule has 1 aromatic carbocycles. The van der Waals surface area contributed by atoms with Crippen LogP contribution in [0.2, 0.25) is 0 Å². The van der Waals surface area contributed by atoms with Crippen LogP contribution in [-0.2, 0) is 10.0 Å². The third-order valence-corrected chi connectivity index (χ3v) is 5.09. The maximum atomic E-state index is 12.3. The number of aromatic nitrogens is 2. The van der Waals surface area contributed by atoms with E-state index in [2.05, 4.69) is 46.5 Å². The van der Waals surface area contributed by atoms with Crippen LogP contribution in [0.3, 0.4) is 0 Å². The SMILES string of the molecule is O=C(O)c1ccc(Br)c(S(=O)(=O)Nc2cnc(Br)cn2)c1. The molecule has 10 heteroatoms. The third kappa shape index (κ3) is 3.77. The minimum Gasteiger partial charge on any atom is -0.478 e. The van der Waals surface area contributed by atoms with Gasteiger partial charge in [0, 0.05) is 4.47 Å². The van der Waals surface area contributed by atoms with E-state index in [4.69, 9.17) is 5.11 Å². The van der Waals surface area contributed by atoms with Gasteiger partial charge in [-0.05, 0) is 50.1 Å². The van der Waals surface area contributed by atoms with Crippen LogP contribution in [-0.4, -0.2) is 29.5 Å². The summed E-state index contributed by atoms with van der Waals surface area (Å²) >= 11 is 6.17. The average Bonchev–Trinajstić information content (AvgIpc) is 2.41. The van der Waals surface area contributed by atoms with Gasteiger partial charge in [-0.3, -0.25) is 4.72 Å². The Morgan fingerprint density at radius 2 is 1.90 bits per heavy atom. The molecule has 2 N–H and O–H groups in total. The van der Waals surface area contributed by atoms with Crippen molar-refractivity contribution in [1.82, 2.24) is 9.97 Å². The quantitative estimate of drug-likeness (QED) is 0.761. The van der Waals surface area contributed by atoms with Crippen molar-refractivity contribution in [3.63, 3.8) is 0 Å². The smallest absolute Gasteiger partial charge is 0.335 e. The van der Waals surface area contributed by atoms with Crippen molar-refractivity contribution in [2.75, 3.05) is 4.72 Å². The molecule has 21 heavy (non-hydrogen) atoms. The summed E-state index contributed by atoms with van der Waals surface area (Å²) in [5.41, 5.74) is -0.138. The van der Waals surface area contributed by atoms with Gasteiger partial charge in [0.05, 0.1) is 18.0 Å². The summed E-state index contributed by atoms with van der Waals surface area (Å²) in [7, 11) is -3.99. The Hall–Kier alpha value is -1.52. The van der Waals surface area contributed by atoms with Gasteiger partial charge in [0.2, 0.25) is 0 Å². The Kier molecular flexibility index (Phi) is 4.59. The fourth-order valence-corrected chi connectivity index (χ4v) is 3.59. The number of rotatable bonds is 4. The number of nitrogens with zero attached hydrogens (tertiary/aromatic N) is 2. The third-order valence-electron chi connectivity index (χ3n) is 2.33. The van der Waals surface area contributed by atoms with E-state index in [0.717, 1.165) is 6.07 Å². The molecule has 2 aromatic rings. The standard InChI is InChI=1S/C11H7Br2N3O4S/c12-7-2-1-6(11(17)18)3-8(7)21(19,20)16-10-5-14-9(13)4-15-10/h1-5H,(H,15,16)(H,17,18). The van der Waals surface area contributed by atoms with Crippen LogP contribution < -0.4 is 4.72 Å². The fraction of sp³-hybridized carbons (Fsp3) is 0. The first-order valence-electron chi connectivity index (χ1n) is 5.33. The van der Waals surface area contributed by atoms with E-state index in [1.807, 2.05) is 0 Å². The van der Waals surface area contributed by atoms with Gasteiger partial charge in [-0.25, -0.2) is 23.2 Å². The summed E-state index contributed by atoms with van der Waals surface area (Å²) in [6.45, 7) is 0. The number of carbonyl (C=O) groups is 1. The van der Waals surface area contributed by atoms with Gasteiger partial charge < -0.3 is 5.11 Å². The van der Waals surface area contributed by atoms with Gasteiger partial charge in [0.15, 0.2) is 5.82 Å². The molecule has 0 spiro atoms. The largest absolute Gasteiger partial charge is 0.478 e. The number of sulfonamides is 1. The van der Waals surface area contributed by atoms with E-state index in [1.54, 1.807) is 0 Å². The van der Waals surface area contributed by atoms with Crippen molar-refractivity contribution in [3.8, 4) is 0 Å². The Labute approximate surface area is 136 Å². The predicted octanol–water partition coefficient (Wildman–Crippen LogP) is 2.50. The molecular weight excluding hydrogens is 430 g/mol. The van der Waals surface area contributed by atoms with Crippen LogP contribution in [0.5, 0.6) is 0 Å². The number of aromatic carboxylic acids is 1. The Balaban J connectivity index is 2.41. The van der Waals surface area contributed by atoms with Crippen molar-refractivity contribution in [1.29, 1.82) is 0 Å². The van der Waals surface area contributed by atoms with Crippen LogP contribution in [0.4, 0.5) is 5.82 Å². The molecule has 0 aliphatic carbocycles. The lowest BCUT2D eigenvalue weighted by atomic mass is 10.2. The maximum absolute atomic E-state index is 12.3. The van der Waals surface area contributed by atoms with Gasteiger partial charge in [0.25, 0.3) is 10.0 Å². The monoisotopic (exact) mass is 435 g/mol. The fourth-order valence-electron chi connectivity index (χ4n) is 1.40. The first kappa shape index (κ1) is 15.9. The van der Waals surface area contributed by atoms with Crippen LogP contribution >= 0.6 is 31.9 Å². The zero-order valence-corrected chi connectivity index (χ0v) is 14.1. The Morgan fingerprint density at radius 1 is 1.19 bits per heavy atom.